The Hall–Kier alpha value is -3.14. The van der Waals surface area contributed by atoms with Crippen LogP contribution in [0, 0.1) is 0 Å². The molecular weight excluding hydrogens is 368 g/mol. The Morgan fingerprint density at radius 3 is 2.35 bits per heavy atom. The molecular formula is C15H15ClN4O6. The van der Waals surface area contributed by atoms with E-state index in [2.05, 4.69) is 21.4 Å². The molecule has 1 aromatic carbocycles. The second-order valence-electron chi connectivity index (χ2n) is 5.01. The third-order valence-electron chi connectivity index (χ3n) is 3.00. The number of esters is 1. The van der Waals surface area contributed by atoms with Crippen LogP contribution in [0.15, 0.2) is 29.4 Å². The molecule has 11 heteroatoms. The highest BCUT2D eigenvalue weighted by Gasteiger charge is 2.20. The number of hydrazine groups is 1. The monoisotopic (exact) mass is 382 g/mol. The van der Waals surface area contributed by atoms with Gasteiger partial charge in [0, 0.05) is 17.9 Å². The summed E-state index contributed by atoms with van der Waals surface area (Å²) >= 11 is 5.72. The van der Waals surface area contributed by atoms with Crippen LogP contribution in [0.5, 0.6) is 5.75 Å². The molecule has 26 heavy (non-hydrogen) atoms. The van der Waals surface area contributed by atoms with Gasteiger partial charge in [-0.2, -0.15) is 5.10 Å². The van der Waals surface area contributed by atoms with E-state index in [0.717, 1.165) is 0 Å². The third kappa shape index (κ3) is 6.40. The quantitative estimate of drug-likeness (QED) is 0.455. The molecule has 1 aromatic rings. The molecule has 0 atom stereocenters. The van der Waals surface area contributed by atoms with E-state index in [1.165, 1.54) is 0 Å². The fourth-order valence-corrected chi connectivity index (χ4v) is 1.85. The summed E-state index contributed by atoms with van der Waals surface area (Å²) in [5.41, 5.74) is 6.32. The lowest BCUT2D eigenvalue weighted by atomic mass is 10.2. The Morgan fingerprint density at radius 1 is 1.08 bits per heavy atom. The number of hydrazone groups is 1. The van der Waals surface area contributed by atoms with E-state index in [1.54, 1.807) is 24.3 Å². The number of carbonyl (C=O) groups excluding carboxylic acids is 4. The van der Waals surface area contributed by atoms with Crippen LogP contribution in [-0.2, 0) is 23.9 Å². The molecule has 10 nitrogen and oxygen atoms in total. The van der Waals surface area contributed by atoms with Crippen LogP contribution in [0.4, 0.5) is 0 Å². The molecule has 0 saturated heterocycles. The van der Waals surface area contributed by atoms with E-state index in [9.17, 15) is 19.2 Å². The summed E-state index contributed by atoms with van der Waals surface area (Å²) in [7, 11) is 0. The highest BCUT2D eigenvalue weighted by atomic mass is 35.5. The van der Waals surface area contributed by atoms with Crippen molar-refractivity contribution in [3.05, 3.63) is 29.3 Å². The second-order valence-corrected chi connectivity index (χ2v) is 5.44. The van der Waals surface area contributed by atoms with Crippen LogP contribution < -0.4 is 21.0 Å². The number of benzene rings is 1. The van der Waals surface area contributed by atoms with Gasteiger partial charge in [0.1, 0.15) is 11.5 Å². The van der Waals surface area contributed by atoms with Gasteiger partial charge < -0.3 is 9.47 Å². The van der Waals surface area contributed by atoms with Crippen molar-refractivity contribution in [2.75, 3.05) is 13.2 Å². The van der Waals surface area contributed by atoms with Crippen LogP contribution in [0.3, 0.4) is 0 Å². The highest BCUT2D eigenvalue weighted by Crippen LogP contribution is 2.15. The summed E-state index contributed by atoms with van der Waals surface area (Å²) in [4.78, 5) is 45.6. The normalized spacial score (nSPS) is 13.1. The molecule has 0 aliphatic carbocycles. The van der Waals surface area contributed by atoms with Gasteiger partial charge in [-0.05, 0) is 24.3 Å². The van der Waals surface area contributed by atoms with Gasteiger partial charge >= 0.3 is 5.97 Å². The Kier molecular flexibility index (Phi) is 6.92. The number of halogens is 1. The molecule has 0 fully saturated rings. The maximum absolute atomic E-state index is 11.6. The van der Waals surface area contributed by atoms with Crippen LogP contribution in [0.2, 0.25) is 5.02 Å². The van der Waals surface area contributed by atoms with Crippen molar-refractivity contribution in [1.82, 2.24) is 16.3 Å². The minimum atomic E-state index is -0.822. The predicted octanol–water partition coefficient (Wildman–Crippen LogP) is -0.325. The lowest BCUT2D eigenvalue weighted by Crippen LogP contribution is -2.45. The minimum absolute atomic E-state index is 0.0119. The molecule has 1 aliphatic rings. The molecule has 0 unspecified atom stereocenters. The number of carbonyl (C=O) groups is 4. The molecule has 0 saturated carbocycles. The number of hydrogen-bond acceptors (Lipinski definition) is 7. The zero-order valence-corrected chi connectivity index (χ0v) is 14.2. The average Bonchev–Trinajstić information content (AvgIpc) is 2.64. The number of nitrogens with one attached hydrogen (secondary N) is 3. The van der Waals surface area contributed by atoms with Gasteiger partial charge in [0.2, 0.25) is 5.91 Å². The van der Waals surface area contributed by atoms with Crippen molar-refractivity contribution in [2.45, 2.75) is 12.8 Å². The van der Waals surface area contributed by atoms with Crippen LogP contribution in [0.25, 0.3) is 0 Å². The van der Waals surface area contributed by atoms with E-state index in [1.807, 2.05) is 0 Å². The van der Waals surface area contributed by atoms with E-state index in [-0.39, 0.29) is 31.1 Å². The smallest absolute Gasteiger partial charge is 0.355 e. The first-order chi connectivity index (χ1) is 12.4. The van der Waals surface area contributed by atoms with Crippen LogP contribution >= 0.6 is 11.6 Å². The van der Waals surface area contributed by atoms with Crippen molar-refractivity contribution in [3.63, 3.8) is 0 Å². The summed E-state index contributed by atoms with van der Waals surface area (Å²) in [6, 6.07) is 6.38. The van der Waals surface area contributed by atoms with E-state index in [4.69, 9.17) is 21.1 Å². The first kappa shape index (κ1) is 19.2. The number of amides is 3. The Morgan fingerprint density at radius 2 is 1.73 bits per heavy atom. The number of rotatable bonds is 6. The summed E-state index contributed by atoms with van der Waals surface area (Å²) in [5, 5.41) is 4.07. The third-order valence-corrected chi connectivity index (χ3v) is 3.25. The SMILES string of the molecule is O=C1CCC(C(=O)OCC(=O)NNC(=O)COc2ccc(Cl)cc2)=NN1. The van der Waals surface area contributed by atoms with Crippen molar-refractivity contribution < 1.29 is 28.7 Å². The largest absolute Gasteiger partial charge is 0.484 e. The lowest BCUT2D eigenvalue weighted by molar-refractivity contribution is -0.143. The van der Waals surface area contributed by atoms with Crippen molar-refractivity contribution in [3.8, 4) is 5.75 Å². The minimum Gasteiger partial charge on any atom is -0.484 e. The molecule has 0 spiro atoms. The lowest BCUT2D eigenvalue weighted by Gasteiger charge is -2.12. The topological polar surface area (TPSA) is 135 Å². The van der Waals surface area contributed by atoms with Crippen molar-refractivity contribution >= 4 is 41.0 Å². The molecule has 2 rings (SSSR count). The van der Waals surface area contributed by atoms with Gasteiger partial charge in [-0.25, -0.2) is 10.2 Å². The van der Waals surface area contributed by atoms with Gasteiger partial charge in [0.05, 0.1) is 0 Å². The zero-order valence-electron chi connectivity index (χ0n) is 13.4. The summed E-state index contributed by atoms with van der Waals surface area (Å²) in [6.07, 6.45) is 0.245. The Bertz CT molecular complexity index is 734. The summed E-state index contributed by atoms with van der Waals surface area (Å²) < 4.78 is 9.91. The molecule has 3 amide bonds. The maximum Gasteiger partial charge on any atom is 0.355 e. The maximum atomic E-state index is 11.6. The van der Waals surface area contributed by atoms with Crippen molar-refractivity contribution in [1.29, 1.82) is 0 Å². The Balaban J connectivity index is 1.63. The second kappa shape index (κ2) is 9.37. The van der Waals surface area contributed by atoms with Crippen LogP contribution in [0.1, 0.15) is 12.8 Å². The average molecular weight is 383 g/mol. The van der Waals surface area contributed by atoms with Crippen molar-refractivity contribution in [2.24, 2.45) is 5.10 Å². The molecule has 3 N–H and O–H groups in total. The summed E-state index contributed by atoms with van der Waals surface area (Å²) in [6.45, 7) is -0.956. The van der Waals surface area contributed by atoms with Gasteiger partial charge in [-0.15, -0.1) is 0 Å². The predicted molar refractivity (Wildman–Crippen MR) is 89.0 cm³/mol. The fraction of sp³-hybridized carbons (Fsp3) is 0.267. The molecule has 1 heterocycles. The van der Waals surface area contributed by atoms with Gasteiger partial charge in [-0.1, -0.05) is 11.6 Å². The number of ether oxygens (including phenoxy) is 2. The standard InChI is InChI=1S/C15H15ClN4O6/c16-9-1-3-10(4-2-9)25-7-13(22)19-20-14(23)8-26-15(24)11-5-6-12(21)18-17-11/h1-4H,5-8H2,(H,18,21)(H,19,22)(H,20,23). The van der Waals surface area contributed by atoms with Crippen LogP contribution in [-0.4, -0.2) is 42.6 Å². The molecule has 0 aromatic heterocycles. The van der Waals surface area contributed by atoms with Gasteiger partial charge in [-0.3, -0.25) is 25.2 Å². The highest BCUT2D eigenvalue weighted by molar-refractivity contribution is 6.37. The molecule has 138 valence electrons. The first-order valence-electron chi connectivity index (χ1n) is 7.42. The molecule has 0 radical (unpaired) electrons. The first-order valence-corrected chi connectivity index (χ1v) is 7.80. The van der Waals surface area contributed by atoms with E-state index >= 15 is 0 Å². The van der Waals surface area contributed by atoms with Gasteiger partial charge in [0.15, 0.2) is 13.2 Å². The number of hydrogen-bond donors (Lipinski definition) is 3. The zero-order chi connectivity index (χ0) is 18.9. The molecule has 0 bridgehead atoms. The van der Waals surface area contributed by atoms with E-state index in [0.29, 0.717) is 10.8 Å². The molecule has 1 aliphatic heterocycles. The summed E-state index contributed by atoms with van der Waals surface area (Å²) in [5.74, 6) is -2.05. The van der Waals surface area contributed by atoms with Gasteiger partial charge in [0.25, 0.3) is 11.8 Å². The fourth-order valence-electron chi connectivity index (χ4n) is 1.73. The van der Waals surface area contributed by atoms with E-state index < -0.39 is 24.4 Å². The number of nitrogens with zero attached hydrogens (tertiary/aromatic N) is 1. The Labute approximate surface area is 152 Å².